The molecule has 1 aromatic heterocycles. The highest BCUT2D eigenvalue weighted by molar-refractivity contribution is 6.35. The van der Waals surface area contributed by atoms with Crippen molar-refractivity contribution in [1.29, 1.82) is 0 Å². The molecule has 7 nitrogen and oxygen atoms in total. The molecular formula is C18H19N3O4. The van der Waals surface area contributed by atoms with Crippen molar-refractivity contribution in [2.24, 2.45) is 0 Å². The zero-order valence-corrected chi connectivity index (χ0v) is 13.8. The number of rotatable bonds is 6. The van der Waals surface area contributed by atoms with Gasteiger partial charge in [0.15, 0.2) is 0 Å². The Morgan fingerprint density at radius 3 is 2.32 bits per heavy atom. The standard InChI is InChI=1S/C18H19N3O4/c1-25-18(24)15(11-13-5-3-2-4-6-13)21-17(23)16(22)20-12-14-7-9-19-10-8-14/h2-10,15H,11-12H2,1H3,(H,20,22)(H,21,23)/t15-/m0/s1. The van der Waals surface area contributed by atoms with Gasteiger partial charge < -0.3 is 15.4 Å². The third-order valence-corrected chi connectivity index (χ3v) is 3.48. The van der Waals surface area contributed by atoms with Gasteiger partial charge in [0.05, 0.1) is 7.11 Å². The summed E-state index contributed by atoms with van der Waals surface area (Å²) in [6.07, 6.45) is 3.42. The number of methoxy groups -OCH3 is 1. The minimum absolute atomic E-state index is 0.191. The van der Waals surface area contributed by atoms with Gasteiger partial charge in [0, 0.05) is 25.4 Å². The number of nitrogens with zero attached hydrogens (tertiary/aromatic N) is 1. The largest absolute Gasteiger partial charge is 0.467 e. The van der Waals surface area contributed by atoms with E-state index in [-0.39, 0.29) is 13.0 Å². The number of nitrogens with one attached hydrogen (secondary N) is 2. The van der Waals surface area contributed by atoms with Gasteiger partial charge in [-0.2, -0.15) is 0 Å². The van der Waals surface area contributed by atoms with Gasteiger partial charge in [-0.05, 0) is 23.3 Å². The van der Waals surface area contributed by atoms with Gasteiger partial charge in [-0.3, -0.25) is 14.6 Å². The normalized spacial score (nSPS) is 11.2. The van der Waals surface area contributed by atoms with Crippen molar-refractivity contribution in [3.05, 3.63) is 66.0 Å². The third-order valence-electron chi connectivity index (χ3n) is 3.48. The molecule has 1 atom stereocenters. The molecule has 2 amide bonds. The molecule has 0 saturated carbocycles. The van der Waals surface area contributed by atoms with Gasteiger partial charge in [0.25, 0.3) is 0 Å². The Labute approximate surface area is 145 Å². The Morgan fingerprint density at radius 1 is 1.00 bits per heavy atom. The summed E-state index contributed by atoms with van der Waals surface area (Å²) >= 11 is 0. The number of ether oxygens (including phenoxy) is 1. The summed E-state index contributed by atoms with van der Waals surface area (Å²) in [4.78, 5) is 39.7. The molecule has 0 aliphatic carbocycles. The summed E-state index contributed by atoms with van der Waals surface area (Å²) in [5, 5.41) is 4.91. The van der Waals surface area contributed by atoms with Gasteiger partial charge in [0.1, 0.15) is 6.04 Å². The number of hydrogen-bond donors (Lipinski definition) is 2. The lowest BCUT2D eigenvalue weighted by Crippen LogP contribution is -2.48. The molecule has 0 radical (unpaired) electrons. The van der Waals surface area contributed by atoms with Crippen molar-refractivity contribution < 1.29 is 19.1 Å². The van der Waals surface area contributed by atoms with Crippen LogP contribution in [0.15, 0.2) is 54.9 Å². The molecule has 1 aromatic carbocycles. The number of carbonyl (C=O) groups is 3. The van der Waals surface area contributed by atoms with Crippen LogP contribution in [-0.4, -0.2) is 35.9 Å². The fraction of sp³-hybridized carbons (Fsp3) is 0.222. The van der Waals surface area contributed by atoms with Crippen molar-refractivity contribution >= 4 is 17.8 Å². The molecular weight excluding hydrogens is 322 g/mol. The topological polar surface area (TPSA) is 97.4 Å². The lowest BCUT2D eigenvalue weighted by Gasteiger charge is -2.16. The number of pyridine rings is 1. The van der Waals surface area contributed by atoms with Crippen LogP contribution in [0.4, 0.5) is 0 Å². The summed E-state index contributed by atoms with van der Waals surface area (Å²) in [5.74, 6) is -2.32. The molecule has 130 valence electrons. The molecule has 2 rings (SSSR count). The first kappa shape index (κ1) is 18.1. The second-order valence-corrected chi connectivity index (χ2v) is 5.28. The second kappa shape index (κ2) is 9.17. The Kier molecular flexibility index (Phi) is 6.65. The maximum atomic E-state index is 12.0. The number of aromatic nitrogens is 1. The lowest BCUT2D eigenvalue weighted by atomic mass is 10.1. The average Bonchev–Trinajstić information content (AvgIpc) is 2.66. The van der Waals surface area contributed by atoms with E-state index in [4.69, 9.17) is 4.74 Å². The van der Waals surface area contributed by atoms with Crippen LogP contribution in [-0.2, 0) is 32.1 Å². The molecule has 7 heteroatoms. The number of carbonyl (C=O) groups excluding carboxylic acids is 3. The van der Waals surface area contributed by atoms with Crippen molar-refractivity contribution in [3.63, 3.8) is 0 Å². The Balaban J connectivity index is 1.93. The molecule has 0 aliphatic rings. The molecule has 0 fully saturated rings. The van der Waals surface area contributed by atoms with Crippen molar-refractivity contribution in [2.75, 3.05) is 7.11 Å². The minimum atomic E-state index is -0.938. The van der Waals surface area contributed by atoms with Crippen LogP contribution in [0.1, 0.15) is 11.1 Å². The lowest BCUT2D eigenvalue weighted by molar-refractivity contribution is -0.147. The van der Waals surface area contributed by atoms with Crippen LogP contribution in [0.5, 0.6) is 0 Å². The number of amides is 2. The highest BCUT2D eigenvalue weighted by Crippen LogP contribution is 2.04. The Bertz CT molecular complexity index is 720. The van der Waals surface area contributed by atoms with E-state index in [1.807, 2.05) is 30.3 Å². The van der Waals surface area contributed by atoms with Crippen LogP contribution < -0.4 is 10.6 Å². The molecule has 2 aromatic rings. The van der Waals surface area contributed by atoms with Crippen LogP contribution in [0.25, 0.3) is 0 Å². The first-order valence-corrected chi connectivity index (χ1v) is 7.69. The predicted octanol–water partition coefficient (Wildman–Crippen LogP) is 0.598. The predicted molar refractivity (Wildman–Crippen MR) is 90.2 cm³/mol. The van der Waals surface area contributed by atoms with Crippen LogP contribution >= 0.6 is 0 Å². The van der Waals surface area contributed by atoms with E-state index >= 15 is 0 Å². The van der Waals surface area contributed by atoms with Gasteiger partial charge in [-0.25, -0.2) is 4.79 Å². The fourth-order valence-corrected chi connectivity index (χ4v) is 2.17. The highest BCUT2D eigenvalue weighted by Gasteiger charge is 2.25. The first-order chi connectivity index (χ1) is 12.1. The number of benzene rings is 1. The van der Waals surface area contributed by atoms with E-state index in [9.17, 15) is 14.4 Å². The average molecular weight is 341 g/mol. The second-order valence-electron chi connectivity index (χ2n) is 5.28. The van der Waals surface area contributed by atoms with Gasteiger partial charge in [-0.15, -0.1) is 0 Å². The first-order valence-electron chi connectivity index (χ1n) is 7.69. The molecule has 25 heavy (non-hydrogen) atoms. The molecule has 2 N–H and O–H groups in total. The van der Waals surface area contributed by atoms with Gasteiger partial charge >= 0.3 is 17.8 Å². The maximum Gasteiger partial charge on any atom is 0.328 e. The fourth-order valence-electron chi connectivity index (χ4n) is 2.17. The minimum Gasteiger partial charge on any atom is -0.467 e. The Morgan fingerprint density at radius 2 is 1.68 bits per heavy atom. The van der Waals surface area contributed by atoms with E-state index in [2.05, 4.69) is 15.6 Å². The summed E-state index contributed by atoms with van der Waals surface area (Å²) in [7, 11) is 1.23. The summed E-state index contributed by atoms with van der Waals surface area (Å²) < 4.78 is 4.70. The van der Waals surface area contributed by atoms with Crippen LogP contribution in [0.3, 0.4) is 0 Å². The highest BCUT2D eigenvalue weighted by atomic mass is 16.5. The van der Waals surface area contributed by atoms with Crippen LogP contribution in [0, 0.1) is 0 Å². The summed E-state index contributed by atoms with van der Waals surface area (Å²) in [6.45, 7) is 0.191. The summed E-state index contributed by atoms with van der Waals surface area (Å²) in [6, 6.07) is 11.7. The molecule has 0 saturated heterocycles. The number of hydrogen-bond acceptors (Lipinski definition) is 5. The summed E-state index contributed by atoms with van der Waals surface area (Å²) in [5.41, 5.74) is 1.65. The SMILES string of the molecule is COC(=O)[C@H](Cc1ccccc1)NC(=O)C(=O)NCc1ccncc1. The van der Waals surface area contributed by atoms with Crippen molar-refractivity contribution in [3.8, 4) is 0 Å². The molecule has 0 bridgehead atoms. The molecule has 1 heterocycles. The quantitative estimate of drug-likeness (QED) is 0.592. The van der Waals surface area contributed by atoms with Crippen molar-refractivity contribution in [1.82, 2.24) is 15.6 Å². The molecule has 0 aliphatic heterocycles. The van der Waals surface area contributed by atoms with Crippen molar-refractivity contribution in [2.45, 2.75) is 19.0 Å². The van der Waals surface area contributed by atoms with Gasteiger partial charge in [0.2, 0.25) is 0 Å². The Hall–Kier alpha value is -3.22. The molecule has 0 spiro atoms. The smallest absolute Gasteiger partial charge is 0.328 e. The third kappa shape index (κ3) is 5.72. The van der Waals surface area contributed by atoms with E-state index in [0.29, 0.717) is 0 Å². The van der Waals surface area contributed by atoms with E-state index in [1.54, 1.807) is 24.5 Å². The zero-order valence-electron chi connectivity index (χ0n) is 13.8. The van der Waals surface area contributed by atoms with Gasteiger partial charge in [-0.1, -0.05) is 30.3 Å². The van der Waals surface area contributed by atoms with E-state index < -0.39 is 23.8 Å². The molecule has 0 unspecified atom stereocenters. The van der Waals surface area contributed by atoms with Crippen LogP contribution in [0.2, 0.25) is 0 Å². The number of esters is 1. The van der Waals surface area contributed by atoms with E-state index in [0.717, 1.165) is 11.1 Å². The maximum absolute atomic E-state index is 12.0. The monoisotopic (exact) mass is 341 g/mol. The van der Waals surface area contributed by atoms with E-state index in [1.165, 1.54) is 7.11 Å². The zero-order chi connectivity index (χ0) is 18.1.